The summed E-state index contributed by atoms with van der Waals surface area (Å²) in [5, 5.41) is 8.60. The van der Waals surface area contributed by atoms with Gasteiger partial charge in [-0.15, -0.1) is 0 Å². The first-order chi connectivity index (χ1) is 9.12. The molecule has 0 amide bonds. The predicted molar refractivity (Wildman–Crippen MR) is 78.4 cm³/mol. The summed E-state index contributed by atoms with van der Waals surface area (Å²) in [5.74, 6) is 1.21. The van der Waals surface area contributed by atoms with Crippen molar-refractivity contribution in [3.05, 3.63) is 22.2 Å². The van der Waals surface area contributed by atoms with Crippen LogP contribution in [0.4, 0.5) is 0 Å². The van der Waals surface area contributed by atoms with E-state index in [0.29, 0.717) is 18.1 Å². The predicted octanol–water partition coefficient (Wildman–Crippen LogP) is 3.03. The van der Waals surface area contributed by atoms with Gasteiger partial charge in [0, 0.05) is 6.04 Å². The third-order valence-corrected chi connectivity index (χ3v) is 3.26. The molecule has 0 aliphatic carbocycles. The maximum atomic E-state index is 8.60. The van der Waals surface area contributed by atoms with Crippen LogP contribution >= 0.6 is 15.9 Å². The SMILES string of the molecule is CCOc1cc(CC(N)CC)cc(Br)c1OCC#N. The molecule has 19 heavy (non-hydrogen) atoms. The summed E-state index contributed by atoms with van der Waals surface area (Å²) in [4.78, 5) is 0. The summed E-state index contributed by atoms with van der Waals surface area (Å²) in [5.41, 5.74) is 7.06. The Kier molecular flexibility index (Phi) is 6.68. The topological polar surface area (TPSA) is 68.3 Å². The summed E-state index contributed by atoms with van der Waals surface area (Å²) >= 11 is 3.45. The van der Waals surface area contributed by atoms with Crippen molar-refractivity contribution in [1.82, 2.24) is 0 Å². The van der Waals surface area contributed by atoms with Gasteiger partial charge in [0.05, 0.1) is 11.1 Å². The number of hydrogen-bond acceptors (Lipinski definition) is 4. The summed E-state index contributed by atoms with van der Waals surface area (Å²) in [6, 6.07) is 5.97. The molecule has 0 saturated heterocycles. The molecule has 0 fully saturated rings. The van der Waals surface area contributed by atoms with Crippen LogP contribution in [0.1, 0.15) is 25.8 Å². The summed E-state index contributed by atoms with van der Waals surface area (Å²) in [6.45, 7) is 4.51. The second-order valence-electron chi connectivity index (χ2n) is 4.16. The number of hydrogen-bond donors (Lipinski definition) is 1. The first-order valence-corrected chi connectivity index (χ1v) is 7.12. The lowest BCUT2D eigenvalue weighted by molar-refractivity contribution is 0.297. The van der Waals surface area contributed by atoms with Gasteiger partial charge in [0.1, 0.15) is 6.07 Å². The smallest absolute Gasteiger partial charge is 0.176 e. The normalized spacial score (nSPS) is 11.7. The monoisotopic (exact) mass is 326 g/mol. The highest BCUT2D eigenvalue weighted by molar-refractivity contribution is 9.10. The molecule has 1 unspecified atom stereocenters. The summed E-state index contributed by atoms with van der Waals surface area (Å²) in [6.07, 6.45) is 1.71. The van der Waals surface area contributed by atoms with Gasteiger partial charge in [0.25, 0.3) is 0 Å². The number of nitrogens with two attached hydrogens (primary N) is 1. The van der Waals surface area contributed by atoms with Gasteiger partial charge in [0.2, 0.25) is 0 Å². The van der Waals surface area contributed by atoms with Gasteiger partial charge in [-0.2, -0.15) is 5.26 Å². The Morgan fingerprint density at radius 3 is 2.68 bits per heavy atom. The molecule has 1 aromatic carbocycles. The number of halogens is 1. The molecule has 1 rings (SSSR count). The van der Waals surface area contributed by atoms with Crippen molar-refractivity contribution in [3.8, 4) is 17.6 Å². The maximum absolute atomic E-state index is 8.60. The van der Waals surface area contributed by atoms with Gasteiger partial charge in [0.15, 0.2) is 18.1 Å². The zero-order valence-corrected chi connectivity index (χ0v) is 12.9. The number of benzene rings is 1. The standard InChI is InChI=1S/C14H19BrN2O2/c1-3-11(17)7-10-8-12(15)14(19-6-5-16)13(9-10)18-4-2/h8-9,11H,3-4,6-7,17H2,1-2H3. The van der Waals surface area contributed by atoms with Crippen LogP contribution in [-0.2, 0) is 6.42 Å². The molecule has 0 spiro atoms. The van der Waals surface area contributed by atoms with Crippen molar-refractivity contribution in [2.45, 2.75) is 32.7 Å². The van der Waals surface area contributed by atoms with E-state index < -0.39 is 0 Å². The maximum Gasteiger partial charge on any atom is 0.176 e. The average molecular weight is 327 g/mol. The van der Waals surface area contributed by atoms with Crippen LogP contribution in [0.15, 0.2) is 16.6 Å². The van der Waals surface area contributed by atoms with E-state index in [1.165, 1.54) is 0 Å². The Balaban J connectivity index is 3.02. The molecule has 0 aliphatic rings. The highest BCUT2D eigenvalue weighted by Crippen LogP contribution is 2.37. The molecule has 0 heterocycles. The molecular formula is C14H19BrN2O2. The van der Waals surface area contributed by atoms with Gasteiger partial charge in [-0.25, -0.2) is 0 Å². The van der Waals surface area contributed by atoms with E-state index in [9.17, 15) is 0 Å². The minimum absolute atomic E-state index is 0.00745. The Hall–Kier alpha value is -1.25. The third-order valence-electron chi connectivity index (χ3n) is 2.67. The van der Waals surface area contributed by atoms with E-state index in [1.807, 2.05) is 25.1 Å². The van der Waals surface area contributed by atoms with Gasteiger partial charge >= 0.3 is 0 Å². The van der Waals surface area contributed by atoms with Crippen molar-refractivity contribution >= 4 is 15.9 Å². The van der Waals surface area contributed by atoms with Crippen molar-refractivity contribution in [2.75, 3.05) is 13.2 Å². The van der Waals surface area contributed by atoms with E-state index in [-0.39, 0.29) is 12.6 Å². The lowest BCUT2D eigenvalue weighted by Crippen LogP contribution is -2.21. The largest absolute Gasteiger partial charge is 0.490 e. The Morgan fingerprint density at radius 2 is 2.11 bits per heavy atom. The lowest BCUT2D eigenvalue weighted by atomic mass is 10.0. The molecule has 4 nitrogen and oxygen atoms in total. The zero-order valence-electron chi connectivity index (χ0n) is 11.3. The van der Waals surface area contributed by atoms with Crippen LogP contribution in [0.3, 0.4) is 0 Å². The summed E-state index contributed by atoms with van der Waals surface area (Å²) in [7, 11) is 0. The summed E-state index contributed by atoms with van der Waals surface area (Å²) < 4.78 is 11.7. The number of nitriles is 1. The van der Waals surface area contributed by atoms with Crippen molar-refractivity contribution in [1.29, 1.82) is 5.26 Å². The minimum atomic E-state index is -0.00745. The van der Waals surface area contributed by atoms with Crippen LogP contribution < -0.4 is 15.2 Å². The van der Waals surface area contributed by atoms with Crippen LogP contribution in [0.5, 0.6) is 11.5 Å². The van der Waals surface area contributed by atoms with Crippen LogP contribution in [0.2, 0.25) is 0 Å². The molecule has 1 atom stereocenters. The van der Waals surface area contributed by atoms with Crippen LogP contribution in [0.25, 0.3) is 0 Å². The quantitative estimate of drug-likeness (QED) is 0.836. The van der Waals surface area contributed by atoms with Crippen LogP contribution in [-0.4, -0.2) is 19.3 Å². The molecule has 0 aromatic heterocycles. The van der Waals surface area contributed by atoms with Gasteiger partial charge in [-0.3, -0.25) is 0 Å². The molecule has 5 heteroatoms. The molecule has 0 bridgehead atoms. The average Bonchev–Trinajstić information content (AvgIpc) is 2.38. The highest BCUT2D eigenvalue weighted by Gasteiger charge is 2.13. The molecule has 0 saturated carbocycles. The number of nitrogens with zero attached hydrogens (tertiary/aromatic N) is 1. The number of rotatable bonds is 7. The molecule has 1 aromatic rings. The molecule has 104 valence electrons. The van der Waals surface area contributed by atoms with Crippen molar-refractivity contribution < 1.29 is 9.47 Å². The fourth-order valence-corrected chi connectivity index (χ4v) is 2.30. The van der Waals surface area contributed by atoms with E-state index in [0.717, 1.165) is 22.9 Å². The Labute approximate surface area is 122 Å². The fraction of sp³-hybridized carbons (Fsp3) is 0.500. The van der Waals surface area contributed by atoms with Crippen molar-refractivity contribution in [3.63, 3.8) is 0 Å². The molecule has 0 aliphatic heterocycles. The lowest BCUT2D eigenvalue weighted by Gasteiger charge is -2.15. The van der Waals surface area contributed by atoms with Crippen molar-refractivity contribution in [2.24, 2.45) is 5.73 Å². The highest BCUT2D eigenvalue weighted by atomic mass is 79.9. The van der Waals surface area contributed by atoms with E-state index in [4.69, 9.17) is 20.5 Å². The van der Waals surface area contributed by atoms with Gasteiger partial charge in [-0.05, 0) is 53.4 Å². The Morgan fingerprint density at radius 1 is 1.37 bits per heavy atom. The van der Waals surface area contributed by atoms with E-state index >= 15 is 0 Å². The minimum Gasteiger partial charge on any atom is -0.490 e. The molecule has 2 N–H and O–H groups in total. The first-order valence-electron chi connectivity index (χ1n) is 6.32. The molecule has 0 radical (unpaired) electrons. The van der Waals surface area contributed by atoms with E-state index in [1.54, 1.807) is 0 Å². The Bertz CT molecular complexity index is 457. The van der Waals surface area contributed by atoms with Gasteiger partial charge < -0.3 is 15.2 Å². The molecular weight excluding hydrogens is 308 g/mol. The van der Waals surface area contributed by atoms with Gasteiger partial charge in [-0.1, -0.05) is 6.92 Å². The number of ether oxygens (including phenoxy) is 2. The fourth-order valence-electron chi connectivity index (χ4n) is 1.69. The van der Waals surface area contributed by atoms with E-state index in [2.05, 4.69) is 22.9 Å². The van der Waals surface area contributed by atoms with Crippen LogP contribution in [0, 0.1) is 11.3 Å². The third kappa shape index (κ3) is 4.73. The second-order valence-corrected chi connectivity index (χ2v) is 5.01. The zero-order chi connectivity index (χ0) is 14.3. The first kappa shape index (κ1) is 15.8. The second kappa shape index (κ2) is 8.03.